The van der Waals surface area contributed by atoms with E-state index in [0.29, 0.717) is 6.54 Å². The Bertz CT molecular complexity index is 346. The molecule has 0 aromatic carbocycles. The van der Waals surface area contributed by atoms with Crippen molar-refractivity contribution in [3.05, 3.63) is 24.8 Å². The molecule has 0 aliphatic carbocycles. The first kappa shape index (κ1) is 19.0. The highest BCUT2D eigenvalue weighted by molar-refractivity contribution is 5.51. The lowest BCUT2D eigenvalue weighted by Gasteiger charge is -2.30. The van der Waals surface area contributed by atoms with Crippen molar-refractivity contribution in [1.82, 2.24) is 20.0 Å². The summed E-state index contributed by atoms with van der Waals surface area (Å²) in [6, 6.07) is 0. The fraction of sp³-hybridized carbons (Fsp3) is 0.706. The normalized spacial score (nSPS) is 20.8. The van der Waals surface area contributed by atoms with Crippen molar-refractivity contribution in [1.29, 1.82) is 0 Å². The van der Waals surface area contributed by atoms with E-state index in [0.717, 1.165) is 71.7 Å². The molecule has 5 nitrogen and oxygen atoms in total. The fourth-order valence-electron chi connectivity index (χ4n) is 2.69. The summed E-state index contributed by atoms with van der Waals surface area (Å²) in [6.07, 6.45) is 2.96. The molecule has 1 N–H and O–H groups in total. The Morgan fingerprint density at radius 1 is 1.00 bits per heavy atom. The van der Waals surface area contributed by atoms with Gasteiger partial charge in [-0.1, -0.05) is 18.2 Å². The van der Waals surface area contributed by atoms with E-state index in [1.165, 1.54) is 5.57 Å². The van der Waals surface area contributed by atoms with Gasteiger partial charge in [-0.2, -0.15) is 0 Å². The maximum atomic E-state index is 10.8. The molecule has 0 atom stereocenters. The van der Waals surface area contributed by atoms with Gasteiger partial charge in [-0.05, 0) is 6.92 Å². The molecule has 0 aromatic heterocycles. The van der Waals surface area contributed by atoms with Crippen molar-refractivity contribution in [2.75, 3.05) is 72.0 Å². The Kier molecular flexibility index (Phi) is 9.99. The molecule has 22 heavy (non-hydrogen) atoms. The predicted molar refractivity (Wildman–Crippen MR) is 93.3 cm³/mol. The van der Waals surface area contributed by atoms with Crippen LogP contribution < -0.4 is 5.32 Å². The van der Waals surface area contributed by atoms with Gasteiger partial charge in [0.2, 0.25) is 0 Å². The van der Waals surface area contributed by atoms with Gasteiger partial charge in [0.05, 0.1) is 6.54 Å². The van der Waals surface area contributed by atoms with Gasteiger partial charge in [-0.25, -0.2) is 0 Å². The van der Waals surface area contributed by atoms with Crippen molar-refractivity contribution in [2.45, 2.75) is 6.92 Å². The molecule has 0 saturated carbocycles. The largest absolute Gasteiger partial charge is 0.314 e. The highest BCUT2D eigenvalue weighted by Crippen LogP contribution is 1.99. The smallest absolute Gasteiger partial charge is 0.133 e. The van der Waals surface area contributed by atoms with Gasteiger partial charge in [-0.3, -0.25) is 14.7 Å². The monoisotopic (exact) mass is 308 g/mol. The van der Waals surface area contributed by atoms with Gasteiger partial charge >= 0.3 is 0 Å². The summed E-state index contributed by atoms with van der Waals surface area (Å²) in [5.74, 6) is 0. The predicted octanol–water partition coefficient (Wildman–Crippen LogP) is 0.457. The number of nitrogens with one attached hydrogen (secondary N) is 1. The van der Waals surface area contributed by atoms with Crippen molar-refractivity contribution >= 4 is 6.29 Å². The first-order valence-corrected chi connectivity index (χ1v) is 8.22. The van der Waals surface area contributed by atoms with E-state index in [-0.39, 0.29) is 0 Å². The minimum atomic E-state index is 0.519. The molecule has 5 heteroatoms. The third kappa shape index (κ3) is 8.44. The highest BCUT2D eigenvalue weighted by atomic mass is 16.1. The fourth-order valence-corrected chi connectivity index (χ4v) is 2.69. The summed E-state index contributed by atoms with van der Waals surface area (Å²) in [7, 11) is 0. The summed E-state index contributed by atoms with van der Waals surface area (Å²) < 4.78 is 0. The maximum Gasteiger partial charge on any atom is 0.133 e. The van der Waals surface area contributed by atoms with Gasteiger partial charge < -0.3 is 10.1 Å². The molecular weight excluding hydrogens is 276 g/mol. The Hall–Kier alpha value is -1.01. The second kappa shape index (κ2) is 11.5. The summed E-state index contributed by atoms with van der Waals surface area (Å²) in [4.78, 5) is 17.9. The molecule has 0 amide bonds. The van der Waals surface area contributed by atoms with E-state index in [2.05, 4.69) is 40.1 Å². The molecule has 1 fully saturated rings. The number of hydrogen-bond donors (Lipinski definition) is 1. The Morgan fingerprint density at radius 3 is 2.09 bits per heavy atom. The van der Waals surface area contributed by atoms with Gasteiger partial charge in [0, 0.05) is 65.4 Å². The van der Waals surface area contributed by atoms with E-state index >= 15 is 0 Å². The zero-order chi connectivity index (χ0) is 16.2. The molecule has 126 valence electrons. The zero-order valence-electron chi connectivity index (χ0n) is 14.1. The van der Waals surface area contributed by atoms with E-state index < -0.39 is 0 Å². The van der Waals surface area contributed by atoms with Gasteiger partial charge in [0.15, 0.2) is 0 Å². The van der Waals surface area contributed by atoms with Crippen molar-refractivity contribution < 1.29 is 4.79 Å². The van der Waals surface area contributed by atoms with Crippen LogP contribution in [-0.4, -0.2) is 93.0 Å². The Balaban J connectivity index is 2.60. The molecular formula is C17H32N4O. The minimum Gasteiger partial charge on any atom is -0.314 e. The first-order chi connectivity index (χ1) is 10.7. The van der Waals surface area contributed by atoms with Crippen LogP contribution in [0.2, 0.25) is 0 Å². The lowest BCUT2D eigenvalue weighted by molar-refractivity contribution is -0.108. The molecule has 0 spiro atoms. The van der Waals surface area contributed by atoms with Crippen LogP contribution in [0.5, 0.6) is 0 Å². The van der Waals surface area contributed by atoms with E-state index in [1.54, 1.807) is 0 Å². The molecule has 0 bridgehead atoms. The van der Waals surface area contributed by atoms with E-state index in [4.69, 9.17) is 0 Å². The van der Waals surface area contributed by atoms with Crippen LogP contribution >= 0.6 is 0 Å². The number of aldehydes is 1. The van der Waals surface area contributed by atoms with Gasteiger partial charge in [-0.15, -0.1) is 6.58 Å². The lowest BCUT2D eigenvalue weighted by Crippen LogP contribution is -2.45. The van der Waals surface area contributed by atoms with Crippen LogP contribution in [0.4, 0.5) is 0 Å². The molecule has 1 aliphatic heterocycles. The number of hydrogen-bond acceptors (Lipinski definition) is 5. The first-order valence-electron chi connectivity index (χ1n) is 8.22. The molecule has 1 aliphatic rings. The standard InChI is InChI=1S/C17H32N4O/c1-4-7-19-10-11-20(14-15-22)8-5-18-6-9-21(13-12-19)16-17(2)3/h4,15,18H,1-2,5-14,16H2,3H3. The second-order valence-electron chi connectivity index (χ2n) is 6.04. The van der Waals surface area contributed by atoms with Crippen LogP contribution in [0.15, 0.2) is 24.8 Å². The summed E-state index contributed by atoms with van der Waals surface area (Å²) in [5.41, 5.74) is 1.21. The summed E-state index contributed by atoms with van der Waals surface area (Å²) in [6.45, 7) is 20.2. The quantitative estimate of drug-likeness (QED) is 0.570. The van der Waals surface area contributed by atoms with E-state index in [1.807, 2.05) is 6.08 Å². The third-order valence-electron chi connectivity index (χ3n) is 3.89. The van der Waals surface area contributed by atoms with Gasteiger partial charge in [0.25, 0.3) is 0 Å². The second-order valence-corrected chi connectivity index (χ2v) is 6.04. The number of nitrogens with zero attached hydrogens (tertiary/aromatic N) is 3. The molecule has 1 rings (SSSR count). The summed E-state index contributed by atoms with van der Waals surface area (Å²) in [5, 5.41) is 3.47. The molecule has 0 unspecified atom stereocenters. The molecule has 0 aromatic rings. The minimum absolute atomic E-state index is 0.519. The number of rotatable bonds is 6. The van der Waals surface area contributed by atoms with Crippen molar-refractivity contribution in [3.8, 4) is 0 Å². The topological polar surface area (TPSA) is 38.8 Å². The lowest BCUT2D eigenvalue weighted by atomic mass is 10.3. The maximum absolute atomic E-state index is 10.8. The Labute approximate surface area is 135 Å². The SMILES string of the molecule is C=CCN1CCN(CC=O)CCNCCN(CC(=C)C)CC1. The van der Waals surface area contributed by atoms with Crippen LogP contribution in [0, 0.1) is 0 Å². The molecule has 1 heterocycles. The van der Waals surface area contributed by atoms with Crippen molar-refractivity contribution in [2.24, 2.45) is 0 Å². The van der Waals surface area contributed by atoms with Crippen LogP contribution in [-0.2, 0) is 4.79 Å². The average molecular weight is 308 g/mol. The van der Waals surface area contributed by atoms with Crippen LogP contribution in [0.25, 0.3) is 0 Å². The average Bonchev–Trinajstić information content (AvgIpc) is 2.46. The summed E-state index contributed by atoms with van der Waals surface area (Å²) >= 11 is 0. The van der Waals surface area contributed by atoms with Crippen LogP contribution in [0.3, 0.4) is 0 Å². The molecule has 1 saturated heterocycles. The third-order valence-corrected chi connectivity index (χ3v) is 3.89. The van der Waals surface area contributed by atoms with E-state index in [9.17, 15) is 4.79 Å². The van der Waals surface area contributed by atoms with Gasteiger partial charge in [0.1, 0.15) is 6.29 Å². The van der Waals surface area contributed by atoms with Crippen LogP contribution in [0.1, 0.15) is 6.92 Å². The zero-order valence-corrected chi connectivity index (χ0v) is 14.1. The highest BCUT2D eigenvalue weighted by Gasteiger charge is 2.12. The number of carbonyl (C=O) groups excluding carboxylic acids is 1. The Morgan fingerprint density at radius 2 is 1.55 bits per heavy atom. The van der Waals surface area contributed by atoms with Crippen molar-refractivity contribution in [3.63, 3.8) is 0 Å². The molecule has 0 radical (unpaired) electrons. The number of carbonyl (C=O) groups is 1.